The molecule has 0 aliphatic rings. The van der Waals surface area contributed by atoms with E-state index in [0.29, 0.717) is 6.54 Å². The minimum Gasteiger partial charge on any atom is -0.495 e. The van der Waals surface area contributed by atoms with Gasteiger partial charge < -0.3 is 15.4 Å². The Balaban J connectivity index is 2.80. The summed E-state index contributed by atoms with van der Waals surface area (Å²) >= 11 is 3.47. The van der Waals surface area contributed by atoms with E-state index in [1.165, 1.54) is 5.56 Å². The summed E-state index contributed by atoms with van der Waals surface area (Å²) in [7, 11) is 3.74. The van der Waals surface area contributed by atoms with E-state index >= 15 is 0 Å². The van der Waals surface area contributed by atoms with Crippen molar-refractivity contribution in [3.63, 3.8) is 0 Å². The van der Waals surface area contributed by atoms with Gasteiger partial charge in [0.05, 0.1) is 11.6 Å². The van der Waals surface area contributed by atoms with E-state index in [4.69, 9.17) is 10.5 Å². The molecule has 0 saturated heterocycles. The molecule has 0 saturated carbocycles. The predicted octanol–water partition coefficient (Wildman–Crippen LogP) is 1.85. The van der Waals surface area contributed by atoms with Crippen LogP contribution >= 0.6 is 15.9 Å². The van der Waals surface area contributed by atoms with E-state index in [0.717, 1.165) is 23.3 Å². The van der Waals surface area contributed by atoms with E-state index in [9.17, 15) is 0 Å². The molecule has 1 aromatic rings. The maximum Gasteiger partial charge on any atom is 0.137 e. The molecule has 0 atom stereocenters. The standard InChI is InChI=1S/C11H17BrN2O/c1-14(7-6-13)8-9-4-3-5-10(12)11(9)15-2/h3-5H,6-8,13H2,1-2H3. The monoisotopic (exact) mass is 272 g/mol. The molecule has 3 nitrogen and oxygen atoms in total. The number of hydrogen-bond donors (Lipinski definition) is 1. The molecule has 84 valence electrons. The Bertz CT molecular complexity index is 317. The van der Waals surface area contributed by atoms with Crippen molar-refractivity contribution in [2.24, 2.45) is 5.73 Å². The van der Waals surface area contributed by atoms with E-state index in [1.54, 1.807) is 7.11 Å². The molecule has 0 bridgehead atoms. The number of nitrogens with zero attached hydrogens (tertiary/aromatic N) is 1. The summed E-state index contributed by atoms with van der Waals surface area (Å²) in [5.41, 5.74) is 6.67. The van der Waals surface area contributed by atoms with Crippen molar-refractivity contribution in [3.8, 4) is 5.75 Å². The van der Waals surface area contributed by atoms with Gasteiger partial charge in [-0.1, -0.05) is 12.1 Å². The Labute approximate surface area is 99.3 Å². The van der Waals surface area contributed by atoms with Crippen LogP contribution < -0.4 is 10.5 Å². The molecule has 1 aromatic carbocycles. The van der Waals surface area contributed by atoms with Crippen molar-refractivity contribution < 1.29 is 4.74 Å². The van der Waals surface area contributed by atoms with Gasteiger partial charge in [-0.15, -0.1) is 0 Å². The van der Waals surface area contributed by atoms with Gasteiger partial charge in [-0.2, -0.15) is 0 Å². The first-order valence-corrected chi connectivity index (χ1v) is 5.68. The fourth-order valence-electron chi connectivity index (χ4n) is 1.50. The van der Waals surface area contributed by atoms with Crippen LogP contribution in [0.5, 0.6) is 5.75 Å². The molecule has 0 heterocycles. The first-order valence-electron chi connectivity index (χ1n) is 4.89. The summed E-state index contributed by atoms with van der Waals surface area (Å²) in [5.74, 6) is 0.904. The highest BCUT2D eigenvalue weighted by atomic mass is 79.9. The van der Waals surface area contributed by atoms with Crippen LogP contribution in [0.2, 0.25) is 0 Å². The molecule has 0 fully saturated rings. The molecule has 2 N–H and O–H groups in total. The first kappa shape index (κ1) is 12.5. The number of ether oxygens (including phenoxy) is 1. The van der Waals surface area contributed by atoms with Crippen LogP contribution in [0.4, 0.5) is 0 Å². The number of halogens is 1. The molecule has 0 spiro atoms. The van der Waals surface area contributed by atoms with Gasteiger partial charge in [0.2, 0.25) is 0 Å². The number of rotatable bonds is 5. The van der Waals surface area contributed by atoms with Crippen molar-refractivity contribution in [2.45, 2.75) is 6.54 Å². The second-order valence-corrected chi connectivity index (χ2v) is 4.31. The Morgan fingerprint density at radius 3 is 2.80 bits per heavy atom. The normalized spacial score (nSPS) is 10.7. The molecule has 15 heavy (non-hydrogen) atoms. The molecule has 1 rings (SSSR count). The Kier molecular flexibility index (Phi) is 5.08. The summed E-state index contributed by atoms with van der Waals surface area (Å²) in [6.07, 6.45) is 0. The predicted molar refractivity (Wildman–Crippen MR) is 66.1 cm³/mol. The molecular formula is C11H17BrN2O. The average molecular weight is 273 g/mol. The van der Waals surface area contributed by atoms with Gasteiger partial charge in [0, 0.05) is 25.2 Å². The van der Waals surface area contributed by atoms with Crippen LogP contribution in [0, 0.1) is 0 Å². The zero-order chi connectivity index (χ0) is 11.3. The minimum atomic E-state index is 0.673. The third-order valence-electron chi connectivity index (χ3n) is 2.20. The van der Waals surface area contributed by atoms with Crippen LogP contribution in [0.15, 0.2) is 22.7 Å². The first-order chi connectivity index (χ1) is 7.19. The van der Waals surface area contributed by atoms with Gasteiger partial charge in [0.15, 0.2) is 0 Å². The van der Waals surface area contributed by atoms with Crippen molar-refractivity contribution in [3.05, 3.63) is 28.2 Å². The molecule has 0 amide bonds. The zero-order valence-corrected chi connectivity index (χ0v) is 10.8. The fourth-order valence-corrected chi connectivity index (χ4v) is 2.07. The van der Waals surface area contributed by atoms with Gasteiger partial charge in [-0.3, -0.25) is 0 Å². The van der Waals surface area contributed by atoms with Gasteiger partial charge in [-0.05, 0) is 29.0 Å². The van der Waals surface area contributed by atoms with Crippen LogP contribution in [-0.4, -0.2) is 32.1 Å². The molecule has 0 aromatic heterocycles. The number of para-hydroxylation sites is 1. The molecular weight excluding hydrogens is 256 g/mol. The maximum absolute atomic E-state index is 5.50. The Morgan fingerprint density at radius 1 is 1.47 bits per heavy atom. The van der Waals surface area contributed by atoms with Crippen molar-refractivity contribution in [1.82, 2.24) is 4.90 Å². The lowest BCUT2D eigenvalue weighted by atomic mass is 10.2. The number of benzene rings is 1. The summed E-state index contributed by atoms with van der Waals surface area (Å²) < 4.78 is 6.34. The average Bonchev–Trinajstić information content (AvgIpc) is 2.18. The van der Waals surface area contributed by atoms with E-state index < -0.39 is 0 Å². The van der Waals surface area contributed by atoms with E-state index in [1.807, 2.05) is 19.2 Å². The van der Waals surface area contributed by atoms with Crippen LogP contribution in [0.25, 0.3) is 0 Å². The lowest BCUT2D eigenvalue weighted by Crippen LogP contribution is -2.25. The number of hydrogen-bond acceptors (Lipinski definition) is 3. The molecule has 0 aliphatic heterocycles. The van der Waals surface area contributed by atoms with Gasteiger partial charge >= 0.3 is 0 Å². The quantitative estimate of drug-likeness (QED) is 0.889. The van der Waals surface area contributed by atoms with Crippen LogP contribution in [0.3, 0.4) is 0 Å². The largest absolute Gasteiger partial charge is 0.495 e. The second kappa shape index (κ2) is 6.10. The molecule has 0 aliphatic carbocycles. The smallest absolute Gasteiger partial charge is 0.137 e. The topological polar surface area (TPSA) is 38.5 Å². The molecule has 4 heteroatoms. The van der Waals surface area contributed by atoms with Crippen LogP contribution in [0.1, 0.15) is 5.56 Å². The van der Waals surface area contributed by atoms with Crippen molar-refractivity contribution in [1.29, 1.82) is 0 Å². The van der Waals surface area contributed by atoms with Crippen LogP contribution in [-0.2, 0) is 6.54 Å². The van der Waals surface area contributed by atoms with Crippen molar-refractivity contribution in [2.75, 3.05) is 27.2 Å². The summed E-state index contributed by atoms with van der Waals surface area (Å²) in [4.78, 5) is 2.17. The lowest BCUT2D eigenvalue weighted by molar-refractivity contribution is 0.325. The summed E-state index contributed by atoms with van der Waals surface area (Å²) in [6.45, 7) is 2.41. The maximum atomic E-state index is 5.50. The minimum absolute atomic E-state index is 0.673. The number of methoxy groups -OCH3 is 1. The highest BCUT2D eigenvalue weighted by molar-refractivity contribution is 9.10. The number of nitrogens with two attached hydrogens (primary N) is 1. The third-order valence-corrected chi connectivity index (χ3v) is 2.83. The lowest BCUT2D eigenvalue weighted by Gasteiger charge is -2.17. The summed E-state index contributed by atoms with van der Waals surface area (Å²) in [5, 5.41) is 0. The van der Waals surface area contributed by atoms with Gasteiger partial charge in [0.1, 0.15) is 5.75 Å². The fraction of sp³-hybridized carbons (Fsp3) is 0.455. The third kappa shape index (κ3) is 3.48. The van der Waals surface area contributed by atoms with E-state index in [-0.39, 0.29) is 0 Å². The van der Waals surface area contributed by atoms with Gasteiger partial charge in [0.25, 0.3) is 0 Å². The highest BCUT2D eigenvalue weighted by Gasteiger charge is 2.08. The number of likely N-dealkylation sites (N-methyl/N-ethyl adjacent to an activating group) is 1. The Morgan fingerprint density at radius 2 is 2.20 bits per heavy atom. The van der Waals surface area contributed by atoms with Gasteiger partial charge in [-0.25, -0.2) is 0 Å². The highest BCUT2D eigenvalue weighted by Crippen LogP contribution is 2.29. The SMILES string of the molecule is COc1c(Br)cccc1CN(C)CCN. The van der Waals surface area contributed by atoms with Crippen molar-refractivity contribution >= 4 is 15.9 Å². The molecule has 0 unspecified atom stereocenters. The Hall–Kier alpha value is -0.580. The van der Waals surface area contributed by atoms with E-state index in [2.05, 4.69) is 26.9 Å². The summed E-state index contributed by atoms with van der Waals surface area (Å²) in [6, 6.07) is 6.06. The second-order valence-electron chi connectivity index (χ2n) is 3.46. The molecule has 0 radical (unpaired) electrons. The zero-order valence-electron chi connectivity index (χ0n) is 9.16.